The molecule has 1 amide bonds. The second-order valence-electron chi connectivity index (χ2n) is 5.21. The van der Waals surface area contributed by atoms with E-state index in [2.05, 4.69) is 19.2 Å². The number of halogens is 1. The van der Waals surface area contributed by atoms with Crippen LogP contribution in [0.1, 0.15) is 32.8 Å². The normalized spacial score (nSPS) is 12.0. The van der Waals surface area contributed by atoms with Gasteiger partial charge in [-0.05, 0) is 31.4 Å². The van der Waals surface area contributed by atoms with Crippen molar-refractivity contribution in [3.05, 3.63) is 29.6 Å². The molecule has 1 rings (SSSR count). The van der Waals surface area contributed by atoms with E-state index in [4.69, 9.17) is 22.7 Å². The zero-order valence-electron chi connectivity index (χ0n) is 12.5. The predicted molar refractivity (Wildman–Crippen MR) is 84.8 cm³/mol. The Balaban J connectivity index is 2.70. The van der Waals surface area contributed by atoms with Crippen molar-refractivity contribution < 1.29 is 13.9 Å². The number of rotatable bonds is 7. The molecule has 0 aliphatic rings. The Bertz CT molecular complexity index is 520. The molecule has 0 aromatic heterocycles. The summed E-state index contributed by atoms with van der Waals surface area (Å²) in [7, 11) is 0. The SMILES string of the molecule is CC(C)CCNC(=O)C(C)Oc1cccc(F)c1C(N)=S. The average Bonchev–Trinajstić information content (AvgIpc) is 2.37. The Hall–Kier alpha value is -1.69. The molecule has 0 fully saturated rings. The summed E-state index contributed by atoms with van der Waals surface area (Å²) in [4.78, 5) is 11.8. The number of ether oxygens (including phenoxy) is 1. The van der Waals surface area contributed by atoms with Crippen molar-refractivity contribution in [1.29, 1.82) is 0 Å². The third-order valence-electron chi connectivity index (χ3n) is 2.92. The quantitative estimate of drug-likeness (QED) is 0.759. The highest BCUT2D eigenvalue weighted by atomic mass is 32.1. The molecule has 1 aromatic carbocycles. The molecule has 0 bridgehead atoms. The van der Waals surface area contributed by atoms with Gasteiger partial charge in [-0.1, -0.05) is 32.1 Å². The summed E-state index contributed by atoms with van der Waals surface area (Å²) in [5.74, 6) is -0.138. The fourth-order valence-corrected chi connectivity index (χ4v) is 1.91. The van der Waals surface area contributed by atoms with Crippen molar-refractivity contribution in [3.8, 4) is 5.75 Å². The second-order valence-corrected chi connectivity index (χ2v) is 5.65. The Morgan fingerprint density at radius 3 is 2.67 bits per heavy atom. The third-order valence-corrected chi connectivity index (χ3v) is 3.12. The van der Waals surface area contributed by atoms with Crippen molar-refractivity contribution in [2.45, 2.75) is 33.3 Å². The molecule has 6 heteroatoms. The van der Waals surface area contributed by atoms with Crippen molar-refractivity contribution >= 4 is 23.1 Å². The van der Waals surface area contributed by atoms with E-state index < -0.39 is 11.9 Å². The van der Waals surface area contributed by atoms with E-state index in [9.17, 15) is 9.18 Å². The number of thiocarbonyl (C=S) groups is 1. The lowest BCUT2D eigenvalue weighted by Gasteiger charge is -2.17. The molecule has 3 N–H and O–H groups in total. The lowest BCUT2D eigenvalue weighted by atomic mass is 10.1. The van der Waals surface area contributed by atoms with E-state index in [0.717, 1.165) is 6.42 Å². The van der Waals surface area contributed by atoms with E-state index in [1.807, 2.05) is 0 Å². The van der Waals surface area contributed by atoms with Crippen LogP contribution in [0, 0.1) is 11.7 Å². The van der Waals surface area contributed by atoms with Gasteiger partial charge in [-0.25, -0.2) is 4.39 Å². The van der Waals surface area contributed by atoms with Gasteiger partial charge in [0.2, 0.25) is 0 Å². The van der Waals surface area contributed by atoms with E-state index in [0.29, 0.717) is 12.5 Å². The Labute approximate surface area is 129 Å². The topological polar surface area (TPSA) is 64.3 Å². The number of benzene rings is 1. The van der Waals surface area contributed by atoms with Crippen molar-refractivity contribution in [2.75, 3.05) is 6.54 Å². The highest BCUT2D eigenvalue weighted by Gasteiger charge is 2.19. The van der Waals surface area contributed by atoms with Crippen LogP contribution in [0.5, 0.6) is 5.75 Å². The van der Waals surface area contributed by atoms with Crippen LogP contribution in [0.15, 0.2) is 18.2 Å². The molecule has 4 nitrogen and oxygen atoms in total. The molecule has 0 aliphatic heterocycles. The summed E-state index contributed by atoms with van der Waals surface area (Å²) in [6.45, 7) is 6.33. The molecule has 116 valence electrons. The van der Waals surface area contributed by atoms with E-state index >= 15 is 0 Å². The van der Waals surface area contributed by atoms with Crippen LogP contribution in [0.25, 0.3) is 0 Å². The van der Waals surface area contributed by atoms with Crippen molar-refractivity contribution in [2.24, 2.45) is 11.7 Å². The molecule has 0 radical (unpaired) electrons. The van der Waals surface area contributed by atoms with Gasteiger partial charge in [0.05, 0.1) is 5.56 Å². The summed E-state index contributed by atoms with van der Waals surface area (Å²) in [5, 5.41) is 2.78. The van der Waals surface area contributed by atoms with Crippen LogP contribution < -0.4 is 15.8 Å². The first kappa shape index (κ1) is 17.4. The van der Waals surface area contributed by atoms with Gasteiger partial charge < -0.3 is 15.8 Å². The molecule has 1 atom stereocenters. The lowest BCUT2D eigenvalue weighted by Crippen LogP contribution is -2.37. The maximum atomic E-state index is 13.7. The van der Waals surface area contributed by atoms with Gasteiger partial charge in [0.25, 0.3) is 5.91 Å². The standard InChI is InChI=1S/C15H21FN2O2S/c1-9(2)7-8-18-15(19)10(3)20-12-6-4-5-11(16)13(12)14(17)21/h4-6,9-10H,7-8H2,1-3H3,(H2,17,21)(H,18,19). The summed E-state index contributed by atoms with van der Waals surface area (Å²) < 4.78 is 19.2. The summed E-state index contributed by atoms with van der Waals surface area (Å²) in [6.07, 6.45) is 0.128. The maximum Gasteiger partial charge on any atom is 0.260 e. The van der Waals surface area contributed by atoms with Crippen LogP contribution in [-0.2, 0) is 4.79 Å². The van der Waals surface area contributed by atoms with Gasteiger partial charge in [0.1, 0.15) is 16.6 Å². The minimum Gasteiger partial charge on any atom is -0.480 e. The largest absolute Gasteiger partial charge is 0.480 e. The first-order valence-electron chi connectivity index (χ1n) is 6.85. The fourth-order valence-electron chi connectivity index (χ4n) is 1.71. The molecule has 1 aromatic rings. The number of nitrogens with one attached hydrogen (secondary N) is 1. The molecule has 21 heavy (non-hydrogen) atoms. The van der Waals surface area contributed by atoms with E-state index in [1.54, 1.807) is 6.92 Å². The van der Waals surface area contributed by atoms with Gasteiger partial charge >= 0.3 is 0 Å². The van der Waals surface area contributed by atoms with Crippen molar-refractivity contribution in [1.82, 2.24) is 5.32 Å². The Morgan fingerprint density at radius 1 is 1.43 bits per heavy atom. The first-order chi connectivity index (χ1) is 9.82. The van der Waals surface area contributed by atoms with Gasteiger partial charge in [-0.2, -0.15) is 0 Å². The second kappa shape index (κ2) is 7.93. The first-order valence-corrected chi connectivity index (χ1v) is 7.26. The van der Waals surface area contributed by atoms with Crippen LogP contribution >= 0.6 is 12.2 Å². The smallest absolute Gasteiger partial charge is 0.260 e. The molecular weight excluding hydrogens is 291 g/mol. The predicted octanol–water partition coefficient (Wildman–Crippen LogP) is 2.39. The number of hydrogen-bond acceptors (Lipinski definition) is 3. The lowest BCUT2D eigenvalue weighted by molar-refractivity contribution is -0.127. The summed E-state index contributed by atoms with van der Waals surface area (Å²) in [5.41, 5.74) is 5.51. The molecule has 0 spiro atoms. The van der Waals surface area contributed by atoms with Crippen LogP contribution in [-0.4, -0.2) is 23.5 Å². The molecule has 0 saturated carbocycles. The minimum absolute atomic E-state index is 0.0225. The van der Waals surface area contributed by atoms with Crippen LogP contribution in [0.3, 0.4) is 0 Å². The maximum absolute atomic E-state index is 13.7. The van der Waals surface area contributed by atoms with Crippen molar-refractivity contribution in [3.63, 3.8) is 0 Å². The summed E-state index contributed by atoms with van der Waals surface area (Å²) >= 11 is 4.81. The van der Waals surface area contributed by atoms with Gasteiger partial charge in [-0.15, -0.1) is 0 Å². The number of carbonyl (C=O) groups excluding carboxylic acids is 1. The molecule has 1 unspecified atom stereocenters. The number of amides is 1. The number of carbonyl (C=O) groups is 1. The zero-order chi connectivity index (χ0) is 16.0. The van der Waals surface area contributed by atoms with Crippen LogP contribution in [0.4, 0.5) is 4.39 Å². The number of nitrogens with two attached hydrogens (primary N) is 1. The molecule has 0 aliphatic carbocycles. The molecule has 0 heterocycles. The minimum atomic E-state index is -0.757. The highest BCUT2D eigenvalue weighted by molar-refractivity contribution is 7.80. The summed E-state index contributed by atoms with van der Waals surface area (Å²) in [6, 6.07) is 4.26. The van der Waals surface area contributed by atoms with Gasteiger partial charge in [-0.3, -0.25) is 4.79 Å². The number of hydrogen-bond donors (Lipinski definition) is 2. The van der Waals surface area contributed by atoms with Crippen LogP contribution in [0.2, 0.25) is 0 Å². The molecule has 0 saturated heterocycles. The zero-order valence-corrected chi connectivity index (χ0v) is 13.3. The molecular formula is C15H21FN2O2S. The third kappa shape index (κ3) is 5.30. The van der Waals surface area contributed by atoms with Gasteiger partial charge in [0.15, 0.2) is 6.10 Å². The monoisotopic (exact) mass is 312 g/mol. The van der Waals surface area contributed by atoms with E-state index in [1.165, 1.54) is 18.2 Å². The van der Waals surface area contributed by atoms with Gasteiger partial charge in [0, 0.05) is 6.54 Å². The Kier molecular flexibility index (Phi) is 6.55. The Morgan fingerprint density at radius 2 is 2.10 bits per heavy atom. The van der Waals surface area contributed by atoms with E-state index in [-0.39, 0.29) is 22.2 Å². The highest BCUT2D eigenvalue weighted by Crippen LogP contribution is 2.22. The average molecular weight is 312 g/mol. The fraction of sp³-hybridized carbons (Fsp3) is 0.467.